The van der Waals surface area contributed by atoms with Gasteiger partial charge in [0, 0.05) is 19.5 Å². The molecule has 19 heavy (non-hydrogen) atoms. The standard InChI is InChI=1S/C10H14N2O5S2/c1-6(10(14)15)11-9(13)8-4-7(5-18-8)19(16,17)12(2)3/h4-6H,1-3H3,(H,11,13)(H,14,15). The molecule has 1 unspecified atom stereocenters. The quantitative estimate of drug-likeness (QED) is 0.809. The fourth-order valence-electron chi connectivity index (χ4n) is 1.11. The molecule has 0 bridgehead atoms. The molecule has 0 radical (unpaired) electrons. The summed E-state index contributed by atoms with van der Waals surface area (Å²) >= 11 is 0.945. The molecule has 1 heterocycles. The van der Waals surface area contributed by atoms with Gasteiger partial charge in [0.05, 0.1) is 9.77 Å². The van der Waals surface area contributed by atoms with Gasteiger partial charge in [0.25, 0.3) is 5.91 Å². The van der Waals surface area contributed by atoms with E-state index in [9.17, 15) is 18.0 Å². The van der Waals surface area contributed by atoms with E-state index in [4.69, 9.17) is 5.11 Å². The fraction of sp³-hybridized carbons (Fsp3) is 0.400. The first-order valence-corrected chi connectivity index (χ1v) is 7.53. The van der Waals surface area contributed by atoms with Crippen LogP contribution >= 0.6 is 11.3 Å². The van der Waals surface area contributed by atoms with Gasteiger partial charge in [-0.1, -0.05) is 0 Å². The highest BCUT2D eigenvalue weighted by Crippen LogP contribution is 2.21. The summed E-state index contributed by atoms with van der Waals surface area (Å²) < 4.78 is 24.6. The zero-order valence-electron chi connectivity index (χ0n) is 10.6. The summed E-state index contributed by atoms with van der Waals surface area (Å²) in [6.07, 6.45) is 0. The minimum atomic E-state index is -3.59. The van der Waals surface area contributed by atoms with Gasteiger partial charge < -0.3 is 10.4 Å². The van der Waals surface area contributed by atoms with Crippen LogP contribution in [0.3, 0.4) is 0 Å². The molecular formula is C10H14N2O5S2. The number of nitrogens with one attached hydrogen (secondary N) is 1. The Bertz CT molecular complexity index is 591. The van der Waals surface area contributed by atoms with Crippen molar-refractivity contribution in [2.45, 2.75) is 17.9 Å². The molecule has 0 aliphatic carbocycles. The number of carbonyl (C=O) groups is 2. The average Bonchev–Trinajstić information content (AvgIpc) is 2.78. The van der Waals surface area contributed by atoms with Crippen molar-refractivity contribution in [2.75, 3.05) is 14.1 Å². The summed E-state index contributed by atoms with van der Waals surface area (Å²) in [5.41, 5.74) is 0. The van der Waals surface area contributed by atoms with Gasteiger partial charge in [-0.05, 0) is 13.0 Å². The van der Waals surface area contributed by atoms with Crippen LogP contribution in [0.15, 0.2) is 16.3 Å². The normalized spacial score (nSPS) is 13.3. The number of aliphatic carboxylic acids is 1. The number of hydrogen-bond donors (Lipinski definition) is 2. The Morgan fingerprint density at radius 3 is 2.47 bits per heavy atom. The van der Waals surface area contributed by atoms with Crippen LogP contribution in [0.4, 0.5) is 0 Å². The van der Waals surface area contributed by atoms with Crippen LogP contribution in [0.25, 0.3) is 0 Å². The van der Waals surface area contributed by atoms with Gasteiger partial charge in [0.2, 0.25) is 10.0 Å². The molecule has 0 aliphatic heterocycles. The maximum absolute atomic E-state index is 11.8. The first-order chi connectivity index (χ1) is 8.66. The third-order valence-electron chi connectivity index (χ3n) is 2.30. The Morgan fingerprint density at radius 2 is 2.00 bits per heavy atom. The fourth-order valence-corrected chi connectivity index (χ4v) is 3.18. The van der Waals surface area contributed by atoms with Crippen molar-refractivity contribution in [2.24, 2.45) is 0 Å². The number of thiophene rings is 1. The smallest absolute Gasteiger partial charge is 0.325 e. The Labute approximate surface area is 114 Å². The molecule has 1 rings (SSSR count). The number of sulfonamides is 1. The second-order valence-corrected chi connectivity index (χ2v) is 7.03. The van der Waals surface area contributed by atoms with E-state index in [1.165, 1.54) is 32.5 Å². The van der Waals surface area contributed by atoms with Gasteiger partial charge in [-0.15, -0.1) is 11.3 Å². The molecular weight excluding hydrogens is 292 g/mol. The molecule has 1 amide bonds. The van der Waals surface area contributed by atoms with Crippen molar-refractivity contribution in [3.05, 3.63) is 16.3 Å². The molecule has 0 saturated heterocycles. The van der Waals surface area contributed by atoms with E-state index in [0.29, 0.717) is 0 Å². The molecule has 1 aromatic heterocycles. The number of rotatable bonds is 5. The van der Waals surface area contributed by atoms with Crippen molar-refractivity contribution in [3.63, 3.8) is 0 Å². The molecule has 0 fully saturated rings. The van der Waals surface area contributed by atoms with Crippen molar-refractivity contribution in [1.82, 2.24) is 9.62 Å². The van der Waals surface area contributed by atoms with Gasteiger partial charge in [-0.3, -0.25) is 9.59 Å². The third-order valence-corrected chi connectivity index (χ3v) is 5.17. The van der Waals surface area contributed by atoms with Crippen LogP contribution in [-0.2, 0) is 14.8 Å². The van der Waals surface area contributed by atoms with Crippen LogP contribution in [0.1, 0.15) is 16.6 Å². The highest BCUT2D eigenvalue weighted by atomic mass is 32.2. The van der Waals surface area contributed by atoms with Crippen molar-refractivity contribution >= 4 is 33.2 Å². The lowest BCUT2D eigenvalue weighted by atomic mass is 10.3. The van der Waals surface area contributed by atoms with E-state index in [1.807, 2.05) is 0 Å². The van der Waals surface area contributed by atoms with E-state index in [2.05, 4.69) is 5.32 Å². The molecule has 7 nitrogen and oxygen atoms in total. The van der Waals surface area contributed by atoms with E-state index >= 15 is 0 Å². The van der Waals surface area contributed by atoms with Crippen LogP contribution in [0, 0.1) is 0 Å². The van der Waals surface area contributed by atoms with Gasteiger partial charge >= 0.3 is 5.97 Å². The van der Waals surface area contributed by atoms with Crippen LogP contribution < -0.4 is 5.32 Å². The Morgan fingerprint density at radius 1 is 1.42 bits per heavy atom. The largest absolute Gasteiger partial charge is 0.480 e. The van der Waals surface area contributed by atoms with Crippen LogP contribution in [0.5, 0.6) is 0 Å². The first-order valence-electron chi connectivity index (χ1n) is 5.21. The lowest BCUT2D eigenvalue weighted by molar-refractivity contribution is -0.138. The van der Waals surface area contributed by atoms with Gasteiger partial charge in [0.1, 0.15) is 6.04 Å². The number of amides is 1. The third kappa shape index (κ3) is 3.52. The van der Waals surface area contributed by atoms with Gasteiger partial charge in [-0.2, -0.15) is 0 Å². The second kappa shape index (κ2) is 5.68. The van der Waals surface area contributed by atoms with Crippen molar-refractivity contribution in [1.29, 1.82) is 0 Å². The molecule has 0 saturated carbocycles. The maximum atomic E-state index is 11.8. The molecule has 1 aromatic rings. The molecule has 9 heteroatoms. The van der Waals surface area contributed by atoms with Crippen LogP contribution in [-0.4, -0.2) is 49.8 Å². The number of carbonyl (C=O) groups excluding carboxylic acids is 1. The summed E-state index contributed by atoms with van der Waals surface area (Å²) in [6, 6.07) is 0.188. The van der Waals surface area contributed by atoms with Gasteiger partial charge in [-0.25, -0.2) is 12.7 Å². The molecule has 0 aromatic carbocycles. The van der Waals surface area contributed by atoms with E-state index in [-0.39, 0.29) is 9.77 Å². The first kappa shape index (κ1) is 15.6. The second-order valence-electron chi connectivity index (χ2n) is 3.97. The molecule has 0 aliphatic rings. The maximum Gasteiger partial charge on any atom is 0.325 e. The lowest BCUT2D eigenvalue weighted by Gasteiger charge is -2.09. The molecule has 2 N–H and O–H groups in total. The van der Waals surface area contributed by atoms with Crippen molar-refractivity contribution < 1.29 is 23.1 Å². The van der Waals surface area contributed by atoms with E-state index in [1.54, 1.807) is 0 Å². The Hall–Kier alpha value is -1.45. The summed E-state index contributed by atoms with van der Waals surface area (Å²) in [6.45, 7) is 1.32. The summed E-state index contributed by atoms with van der Waals surface area (Å²) in [7, 11) is -0.811. The number of hydrogen-bond acceptors (Lipinski definition) is 5. The van der Waals surface area contributed by atoms with E-state index in [0.717, 1.165) is 15.6 Å². The molecule has 1 atom stereocenters. The number of carboxylic acid groups (broad SMARTS) is 1. The number of nitrogens with zero attached hydrogens (tertiary/aromatic N) is 1. The summed E-state index contributed by atoms with van der Waals surface area (Å²) in [5, 5.41) is 12.3. The minimum Gasteiger partial charge on any atom is -0.480 e. The highest BCUT2D eigenvalue weighted by Gasteiger charge is 2.22. The Kier molecular flexibility index (Phi) is 4.66. The van der Waals surface area contributed by atoms with Crippen LogP contribution in [0.2, 0.25) is 0 Å². The monoisotopic (exact) mass is 306 g/mol. The Balaban J connectivity index is 2.92. The van der Waals surface area contributed by atoms with E-state index < -0.39 is 27.9 Å². The molecule has 106 valence electrons. The van der Waals surface area contributed by atoms with Gasteiger partial charge in [0.15, 0.2) is 0 Å². The lowest BCUT2D eigenvalue weighted by Crippen LogP contribution is -2.37. The number of carboxylic acids is 1. The summed E-state index contributed by atoms with van der Waals surface area (Å²) in [5.74, 6) is -1.77. The molecule has 0 spiro atoms. The van der Waals surface area contributed by atoms with Crippen molar-refractivity contribution in [3.8, 4) is 0 Å². The topological polar surface area (TPSA) is 104 Å². The summed E-state index contributed by atoms with van der Waals surface area (Å²) in [4.78, 5) is 22.5. The highest BCUT2D eigenvalue weighted by molar-refractivity contribution is 7.89. The average molecular weight is 306 g/mol. The zero-order valence-corrected chi connectivity index (χ0v) is 12.2. The SMILES string of the molecule is CC(NC(=O)c1cc(S(=O)(=O)N(C)C)cs1)C(=O)O. The zero-order chi connectivity index (χ0) is 14.8. The predicted molar refractivity (Wildman–Crippen MR) is 69.8 cm³/mol. The predicted octanol–water partition coefficient (Wildman–Crippen LogP) is 0.201. The minimum absolute atomic E-state index is 0.00984.